The minimum Gasteiger partial charge on any atom is -0.342 e. The molecular weight excluding hydrogens is 254 g/mol. The van der Waals surface area contributed by atoms with Crippen molar-refractivity contribution in [3.63, 3.8) is 0 Å². The summed E-state index contributed by atoms with van der Waals surface area (Å²) in [5.74, 6) is 0. The number of fused-ring (bicyclic) bond motifs is 1. The molecule has 0 radical (unpaired) electrons. The second-order valence-electron chi connectivity index (χ2n) is 4.99. The van der Waals surface area contributed by atoms with Crippen LogP contribution in [0.1, 0.15) is 17.4 Å². The highest BCUT2D eigenvalue weighted by Gasteiger charge is 2.05. The number of benzene rings is 1. The van der Waals surface area contributed by atoms with E-state index in [1.807, 2.05) is 18.6 Å². The third-order valence-corrected chi connectivity index (χ3v) is 3.97. The Morgan fingerprint density at radius 2 is 2.26 bits per heavy atom. The van der Waals surface area contributed by atoms with Crippen LogP contribution >= 0.6 is 11.3 Å². The fourth-order valence-electron chi connectivity index (χ4n) is 2.37. The lowest BCUT2D eigenvalue weighted by atomic mass is 10.1. The topological polar surface area (TPSA) is 43.8 Å². The number of rotatable bonds is 4. The van der Waals surface area contributed by atoms with E-state index >= 15 is 0 Å². The third kappa shape index (κ3) is 2.69. The maximum atomic E-state index is 5.85. The van der Waals surface area contributed by atoms with Crippen molar-refractivity contribution < 1.29 is 0 Å². The lowest BCUT2D eigenvalue weighted by molar-refractivity contribution is 0.738. The predicted octanol–water partition coefficient (Wildman–Crippen LogP) is 3.04. The van der Waals surface area contributed by atoms with Gasteiger partial charge in [-0.3, -0.25) is 4.98 Å². The highest BCUT2D eigenvalue weighted by molar-refractivity contribution is 7.09. The summed E-state index contributed by atoms with van der Waals surface area (Å²) >= 11 is 1.69. The molecule has 1 atom stereocenters. The van der Waals surface area contributed by atoms with Crippen LogP contribution in [0.2, 0.25) is 0 Å². The molecule has 0 aliphatic heterocycles. The summed E-state index contributed by atoms with van der Waals surface area (Å²) in [6, 6.07) is 8.98. The molecule has 4 heteroatoms. The molecule has 0 fully saturated rings. The first-order valence-electron chi connectivity index (χ1n) is 6.43. The quantitative estimate of drug-likeness (QED) is 0.792. The lowest BCUT2D eigenvalue weighted by Gasteiger charge is -2.07. The number of nitrogens with zero attached hydrogens (tertiary/aromatic N) is 2. The lowest BCUT2D eigenvalue weighted by Crippen LogP contribution is -2.17. The van der Waals surface area contributed by atoms with Gasteiger partial charge in [-0.15, -0.1) is 11.3 Å². The molecule has 0 bridgehead atoms. The van der Waals surface area contributed by atoms with Gasteiger partial charge in [0, 0.05) is 28.8 Å². The molecule has 1 unspecified atom stereocenters. The SMILES string of the molecule is CC(N)Cc1ccc2c(ccn2Cc2cncs2)c1. The molecule has 0 saturated heterocycles. The largest absolute Gasteiger partial charge is 0.342 e. The minimum atomic E-state index is 0.205. The standard InChI is InChI=1S/C15H17N3S/c1-11(16)6-12-2-3-15-13(7-12)4-5-18(15)9-14-8-17-10-19-14/h2-5,7-8,10-11H,6,9,16H2,1H3. The third-order valence-electron chi connectivity index (χ3n) is 3.20. The summed E-state index contributed by atoms with van der Waals surface area (Å²) in [4.78, 5) is 5.40. The molecule has 98 valence electrons. The number of aromatic nitrogens is 2. The highest BCUT2D eigenvalue weighted by Crippen LogP contribution is 2.20. The summed E-state index contributed by atoms with van der Waals surface area (Å²) in [7, 11) is 0. The van der Waals surface area contributed by atoms with Crippen LogP contribution in [-0.2, 0) is 13.0 Å². The van der Waals surface area contributed by atoms with Gasteiger partial charge in [0.2, 0.25) is 0 Å². The zero-order valence-electron chi connectivity index (χ0n) is 10.9. The number of thiazole rings is 1. The Morgan fingerprint density at radius 1 is 1.37 bits per heavy atom. The zero-order valence-corrected chi connectivity index (χ0v) is 11.7. The van der Waals surface area contributed by atoms with Crippen molar-refractivity contribution in [1.29, 1.82) is 0 Å². The van der Waals surface area contributed by atoms with Gasteiger partial charge in [-0.25, -0.2) is 0 Å². The molecular formula is C15H17N3S. The van der Waals surface area contributed by atoms with Crippen molar-refractivity contribution in [1.82, 2.24) is 9.55 Å². The number of hydrogen-bond acceptors (Lipinski definition) is 3. The van der Waals surface area contributed by atoms with Crippen LogP contribution in [0.25, 0.3) is 10.9 Å². The van der Waals surface area contributed by atoms with Gasteiger partial charge >= 0.3 is 0 Å². The summed E-state index contributed by atoms with van der Waals surface area (Å²) in [6.07, 6.45) is 5.00. The van der Waals surface area contributed by atoms with E-state index in [1.54, 1.807) is 11.3 Å². The van der Waals surface area contributed by atoms with Crippen molar-refractivity contribution in [2.24, 2.45) is 5.73 Å². The van der Waals surface area contributed by atoms with Crippen LogP contribution < -0.4 is 5.73 Å². The molecule has 0 aliphatic carbocycles. The van der Waals surface area contributed by atoms with Gasteiger partial charge in [0.05, 0.1) is 12.1 Å². The average molecular weight is 271 g/mol. The first kappa shape index (κ1) is 12.4. The van der Waals surface area contributed by atoms with Crippen LogP contribution in [0, 0.1) is 0 Å². The van der Waals surface area contributed by atoms with Gasteiger partial charge in [-0.1, -0.05) is 6.07 Å². The van der Waals surface area contributed by atoms with E-state index in [0.717, 1.165) is 13.0 Å². The van der Waals surface area contributed by atoms with Gasteiger partial charge in [0.1, 0.15) is 0 Å². The maximum Gasteiger partial charge on any atom is 0.0794 e. The van der Waals surface area contributed by atoms with Crippen LogP contribution in [0.3, 0.4) is 0 Å². The van der Waals surface area contributed by atoms with E-state index in [1.165, 1.54) is 21.3 Å². The first-order valence-corrected chi connectivity index (χ1v) is 7.31. The highest BCUT2D eigenvalue weighted by atomic mass is 32.1. The Kier molecular flexibility index (Phi) is 3.36. The van der Waals surface area contributed by atoms with Crippen molar-refractivity contribution in [3.05, 3.63) is 52.6 Å². The molecule has 2 N–H and O–H groups in total. The Bertz CT molecular complexity index is 668. The minimum absolute atomic E-state index is 0.205. The van der Waals surface area contributed by atoms with Crippen LogP contribution in [0.5, 0.6) is 0 Å². The molecule has 0 spiro atoms. The van der Waals surface area contributed by atoms with Crippen LogP contribution in [-0.4, -0.2) is 15.6 Å². The van der Waals surface area contributed by atoms with Crippen molar-refractivity contribution >= 4 is 22.2 Å². The number of nitrogens with two attached hydrogens (primary N) is 1. The fraction of sp³-hybridized carbons (Fsp3) is 0.267. The summed E-state index contributed by atoms with van der Waals surface area (Å²) < 4.78 is 2.26. The molecule has 0 aliphatic rings. The van der Waals surface area contributed by atoms with Gasteiger partial charge in [0.25, 0.3) is 0 Å². The normalized spacial score (nSPS) is 12.9. The van der Waals surface area contributed by atoms with E-state index < -0.39 is 0 Å². The summed E-state index contributed by atoms with van der Waals surface area (Å²) in [6.45, 7) is 2.93. The van der Waals surface area contributed by atoms with E-state index in [4.69, 9.17) is 5.73 Å². The molecule has 2 heterocycles. The first-order chi connectivity index (χ1) is 9.22. The summed E-state index contributed by atoms with van der Waals surface area (Å²) in [5.41, 5.74) is 10.3. The smallest absolute Gasteiger partial charge is 0.0794 e. The molecule has 0 amide bonds. The van der Waals surface area contributed by atoms with E-state index in [-0.39, 0.29) is 6.04 Å². The van der Waals surface area contributed by atoms with E-state index in [9.17, 15) is 0 Å². The van der Waals surface area contributed by atoms with Gasteiger partial charge < -0.3 is 10.3 Å². The van der Waals surface area contributed by atoms with Crippen molar-refractivity contribution in [2.45, 2.75) is 25.9 Å². The second-order valence-corrected chi connectivity index (χ2v) is 5.96. The van der Waals surface area contributed by atoms with E-state index in [2.05, 4.69) is 40.0 Å². The molecule has 3 aromatic rings. The molecule has 0 saturated carbocycles. The van der Waals surface area contributed by atoms with E-state index in [0.29, 0.717) is 0 Å². The Morgan fingerprint density at radius 3 is 3.00 bits per heavy atom. The number of hydrogen-bond donors (Lipinski definition) is 1. The van der Waals surface area contributed by atoms with Gasteiger partial charge in [-0.05, 0) is 42.5 Å². The maximum absolute atomic E-state index is 5.85. The second kappa shape index (κ2) is 5.15. The Hall–Kier alpha value is -1.65. The Balaban J connectivity index is 1.91. The predicted molar refractivity (Wildman–Crippen MR) is 80.5 cm³/mol. The monoisotopic (exact) mass is 271 g/mol. The molecule has 19 heavy (non-hydrogen) atoms. The van der Waals surface area contributed by atoms with Crippen LogP contribution in [0.15, 0.2) is 42.2 Å². The summed E-state index contributed by atoms with van der Waals surface area (Å²) in [5, 5.41) is 1.28. The van der Waals surface area contributed by atoms with Gasteiger partial charge in [0.15, 0.2) is 0 Å². The van der Waals surface area contributed by atoms with Crippen LogP contribution in [0.4, 0.5) is 0 Å². The molecule has 2 aromatic heterocycles. The zero-order chi connectivity index (χ0) is 13.2. The van der Waals surface area contributed by atoms with Gasteiger partial charge in [-0.2, -0.15) is 0 Å². The molecule has 3 nitrogen and oxygen atoms in total. The Labute approximate surface area is 116 Å². The molecule has 1 aromatic carbocycles. The fourth-order valence-corrected chi connectivity index (χ4v) is 2.97. The average Bonchev–Trinajstić information content (AvgIpc) is 2.99. The molecule has 3 rings (SSSR count). The van der Waals surface area contributed by atoms with Crippen molar-refractivity contribution in [3.8, 4) is 0 Å². The van der Waals surface area contributed by atoms with Crippen molar-refractivity contribution in [2.75, 3.05) is 0 Å².